The van der Waals surface area contributed by atoms with E-state index in [1.54, 1.807) is 24.5 Å². The topological polar surface area (TPSA) is 58.5 Å². The lowest BCUT2D eigenvalue weighted by atomic mass is 10.1. The highest BCUT2D eigenvalue weighted by atomic mass is 32.1. The molecule has 0 saturated carbocycles. The Labute approximate surface area is 139 Å². The van der Waals surface area contributed by atoms with E-state index in [9.17, 15) is 4.39 Å². The third kappa shape index (κ3) is 4.66. The molecule has 0 fully saturated rings. The highest BCUT2D eigenvalue weighted by Crippen LogP contribution is 2.21. The summed E-state index contributed by atoms with van der Waals surface area (Å²) in [5.41, 5.74) is 0.816. The van der Waals surface area contributed by atoms with E-state index < -0.39 is 0 Å². The molecule has 0 radical (unpaired) electrons. The zero-order valence-electron chi connectivity index (χ0n) is 13.7. The maximum atomic E-state index is 13.8. The summed E-state index contributed by atoms with van der Waals surface area (Å²) in [7, 11) is 3.15. The van der Waals surface area contributed by atoms with Crippen molar-refractivity contribution in [3.63, 3.8) is 0 Å². The van der Waals surface area contributed by atoms with Crippen molar-refractivity contribution in [3.8, 4) is 5.75 Å². The third-order valence-corrected chi connectivity index (χ3v) is 4.24. The number of hydrogen-bond acceptors (Lipinski definition) is 4. The summed E-state index contributed by atoms with van der Waals surface area (Å²) in [6, 6.07) is 4.82. The van der Waals surface area contributed by atoms with E-state index in [0.29, 0.717) is 12.5 Å². The molecule has 0 saturated heterocycles. The number of aryl methyl sites for hydroxylation is 1. The monoisotopic (exact) mass is 336 g/mol. The van der Waals surface area contributed by atoms with E-state index in [1.807, 2.05) is 26.1 Å². The predicted molar refractivity (Wildman–Crippen MR) is 91.6 cm³/mol. The van der Waals surface area contributed by atoms with Crippen LogP contribution in [-0.2, 0) is 6.54 Å². The predicted octanol–water partition coefficient (Wildman–Crippen LogP) is 3.03. The van der Waals surface area contributed by atoms with Gasteiger partial charge in [0.25, 0.3) is 0 Å². The van der Waals surface area contributed by atoms with Crippen molar-refractivity contribution < 1.29 is 9.13 Å². The van der Waals surface area contributed by atoms with Gasteiger partial charge in [0.2, 0.25) is 0 Å². The number of aliphatic imine (C=N–C) groups is 1. The van der Waals surface area contributed by atoms with Crippen LogP contribution in [0.15, 0.2) is 29.4 Å². The first-order chi connectivity index (χ1) is 11.0. The molecule has 0 aliphatic heterocycles. The Hall–Kier alpha value is -2.15. The number of rotatable bonds is 5. The van der Waals surface area contributed by atoms with Crippen LogP contribution in [0.2, 0.25) is 0 Å². The molecular formula is C16H21FN4OS. The van der Waals surface area contributed by atoms with Crippen LogP contribution >= 0.6 is 11.3 Å². The number of thiazole rings is 1. The number of ether oxygens (including phenoxy) is 1. The van der Waals surface area contributed by atoms with E-state index in [4.69, 9.17) is 4.74 Å². The Morgan fingerprint density at radius 3 is 2.83 bits per heavy atom. The quantitative estimate of drug-likeness (QED) is 0.651. The summed E-state index contributed by atoms with van der Waals surface area (Å²) >= 11 is 1.64. The fourth-order valence-electron chi connectivity index (χ4n) is 2.08. The van der Waals surface area contributed by atoms with Crippen molar-refractivity contribution in [1.82, 2.24) is 15.6 Å². The fourth-order valence-corrected chi connectivity index (χ4v) is 2.80. The first-order valence-corrected chi connectivity index (χ1v) is 8.07. The summed E-state index contributed by atoms with van der Waals surface area (Å²) in [4.78, 5) is 9.66. The van der Waals surface area contributed by atoms with E-state index in [0.717, 1.165) is 10.6 Å². The lowest BCUT2D eigenvalue weighted by molar-refractivity contribution is 0.386. The van der Waals surface area contributed by atoms with Gasteiger partial charge in [-0.15, -0.1) is 11.3 Å². The first kappa shape index (κ1) is 17.2. The molecule has 0 aliphatic rings. The van der Waals surface area contributed by atoms with Gasteiger partial charge < -0.3 is 15.4 Å². The maximum Gasteiger partial charge on any atom is 0.191 e. The largest absolute Gasteiger partial charge is 0.494 e. The smallest absolute Gasteiger partial charge is 0.191 e. The Bertz CT molecular complexity index is 686. The zero-order chi connectivity index (χ0) is 16.8. The summed E-state index contributed by atoms with van der Waals surface area (Å²) in [5, 5.41) is 7.43. The average molecular weight is 336 g/mol. The minimum atomic E-state index is -0.375. The molecule has 2 aromatic rings. The van der Waals surface area contributed by atoms with Gasteiger partial charge in [0, 0.05) is 18.1 Å². The second-order valence-electron chi connectivity index (χ2n) is 5.05. The Balaban J connectivity index is 1.96. The minimum Gasteiger partial charge on any atom is -0.494 e. The Morgan fingerprint density at radius 1 is 1.48 bits per heavy atom. The molecule has 1 atom stereocenters. The van der Waals surface area contributed by atoms with Gasteiger partial charge in [-0.1, -0.05) is 6.07 Å². The number of nitrogens with one attached hydrogen (secondary N) is 2. The molecule has 2 rings (SSSR count). The van der Waals surface area contributed by atoms with Crippen molar-refractivity contribution in [1.29, 1.82) is 0 Å². The molecule has 0 bridgehead atoms. The normalized spacial score (nSPS) is 12.8. The van der Waals surface area contributed by atoms with Gasteiger partial charge in [-0.25, -0.2) is 9.37 Å². The molecule has 7 heteroatoms. The number of guanidine groups is 1. The number of halogens is 1. The number of benzene rings is 1. The van der Waals surface area contributed by atoms with Crippen molar-refractivity contribution in [3.05, 3.63) is 45.7 Å². The third-order valence-electron chi connectivity index (χ3n) is 3.33. The molecule has 23 heavy (non-hydrogen) atoms. The van der Waals surface area contributed by atoms with Gasteiger partial charge in [-0.3, -0.25) is 4.99 Å². The van der Waals surface area contributed by atoms with Gasteiger partial charge in [-0.05, 0) is 31.5 Å². The van der Waals surface area contributed by atoms with Crippen molar-refractivity contribution in [2.75, 3.05) is 14.2 Å². The van der Waals surface area contributed by atoms with Crippen molar-refractivity contribution in [2.24, 2.45) is 4.99 Å². The number of nitrogens with zero attached hydrogens (tertiary/aromatic N) is 2. The average Bonchev–Trinajstić information content (AvgIpc) is 2.96. The van der Waals surface area contributed by atoms with Gasteiger partial charge >= 0.3 is 0 Å². The Morgan fingerprint density at radius 2 is 2.26 bits per heavy atom. The number of aromatic nitrogens is 1. The van der Waals surface area contributed by atoms with E-state index in [-0.39, 0.29) is 17.6 Å². The van der Waals surface area contributed by atoms with Crippen molar-refractivity contribution in [2.45, 2.75) is 26.4 Å². The van der Waals surface area contributed by atoms with E-state index in [1.165, 1.54) is 18.1 Å². The summed E-state index contributed by atoms with van der Waals surface area (Å²) < 4.78 is 18.7. The molecular weight excluding hydrogens is 315 g/mol. The van der Waals surface area contributed by atoms with E-state index in [2.05, 4.69) is 20.6 Å². The molecule has 0 amide bonds. The molecule has 1 aromatic carbocycles. The SMILES string of the molecule is CN=C(NCc1ncc(C)s1)NC(C)c1ccc(OC)c(F)c1. The number of hydrogen-bond donors (Lipinski definition) is 2. The molecule has 1 heterocycles. The maximum absolute atomic E-state index is 13.8. The van der Waals surface area contributed by atoms with Crippen LogP contribution in [0.3, 0.4) is 0 Å². The highest BCUT2D eigenvalue weighted by molar-refractivity contribution is 7.11. The van der Waals surface area contributed by atoms with Crippen LogP contribution in [0.1, 0.15) is 28.4 Å². The van der Waals surface area contributed by atoms with E-state index >= 15 is 0 Å². The second-order valence-corrected chi connectivity index (χ2v) is 6.37. The Kier molecular flexibility index (Phi) is 5.92. The summed E-state index contributed by atoms with van der Waals surface area (Å²) in [6.07, 6.45) is 1.85. The van der Waals surface area contributed by atoms with Crippen LogP contribution in [0, 0.1) is 12.7 Å². The van der Waals surface area contributed by atoms with Crippen LogP contribution in [0.5, 0.6) is 5.75 Å². The zero-order valence-corrected chi connectivity index (χ0v) is 14.5. The first-order valence-electron chi connectivity index (χ1n) is 7.25. The number of methoxy groups -OCH3 is 1. The van der Waals surface area contributed by atoms with Gasteiger partial charge in [0.05, 0.1) is 19.7 Å². The lowest BCUT2D eigenvalue weighted by Crippen LogP contribution is -2.38. The van der Waals surface area contributed by atoms with Crippen LogP contribution in [-0.4, -0.2) is 25.1 Å². The molecule has 1 aromatic heterocycles. The van der Waals surface area contributed by atoms with Gasteiger partial charge in [0.15, 0.2) is 17.5 Å². The molecule has 1 unspecified atom stereocenters. The summed E-state index contributed by atoms with van der Waals surface area (Å²) in [5.74, 6) is 0.504. The second kappa shape index (κ2) is 7.92. The summed E-state index contributed by atoms with van der Waals surface area (Å²) in [6.45, 7) is 4.57. The van der Waals surface area contributed by atoms with Crippen LogP contribution in [0.25, 0.3) is 0 Å². The standard InChI is InChI=1S/C16H21FN4OS/c1-10-8-19-15(23-10)9-20-16(18-3)21-11(2)12-5-6-14(22-4)13(17)7-12/h5-8,11H,9H2,1-4H3,(H2,18,20,21). The molecule has 124 valence electrons. The highest BCUT2D eigenvalue weighted by Gasteiger charge is 2.11. The van der Waals surface area contributed by atoms with Crippen LogP contribution < -0.4 is 15.4 Å². The van der Waals surface area contributed by atoms with Crippen LogP contribution in [0.4, 0.5) is 4.39 Å². The molecule has 5 nitrogen and oxygen atoms in total. The van der Waals surface area contributed by atoms with Gasteiger partial charge in [-0.2, -0.15) is 0 Å². The van der Waals surface area contributed by atoms with Crippen molar-refractivity contribution >= 4 is 17.3 Å². The molecule has 0 aliphatic carbocycles. The molecule has 2 N–H and O–H groups in total. The fraction of sp³-hybridized carbons (Fsp3) is 0.375. The molecule has 0 spiro atoms. The van der Waals surface area contributed by atoms with Gasteiger partial charge in [0.1, 0.15) is 5.01 Å². The minimum absolute atomic E-state index is 0.0976. The lowest BCUT2D eigenvalue weighted by Gasteiger charge is -2.18.